The number of aliphatic hydroxyl groups excluding tert-OH is 2. The predicted molar refractivity (Wildman–Crippen MR) is 160 cm³/mol. The normalized spacial score (nSPS) is 21.2. The van der Waals surface area contributed by atoms with E-state index in [4.69, 9.17) is 9.47 Å². The van der Waals surface area contributed by atoms with Crippen molar-refractivity contribution in [2.45, 2.75) is 88.5 Å². The molecular weight excluding hydrogens is 627 g/mol. The Morgan fingerprint density at radius 3 is 2.62 bits per heavy atom. The Labute approximate surface area is 250 Å². The van der Waals surface area contributed by atoms with Crippen LogP contribution in [0.25, 0.3) is 0 Å². The molecule has 2 aliphatic carbocycles. The molecule has 0 aliphatic heterocycles. The molecule has 0 bridgehead atoms. The second-order valence-corrected chi connectivity index (χ2v) is 11.5. The van der Waals surface area contributed by atoms with Crippen molar-refractivity contribution in [3.63, 3.8) is 0 Å². The maximum absolute atomic E-state index is 13.7. The third kappa shape index (κ3) is 8.29. The van der Waals surface area contributed by atoms with Gasteiger partial charge in [0.25, 0.3) is 0 Å². The van der Waals surface area contributed by atoms with E-state index in [2.05, 4.69) is 11.9 Å². The maximum Gasteiger partial charge on any atom is 0.247 e. The summed E-state index contributed by atoms with van der Waals surface area (Å²) in [5, 5.41) is 23.7. The summed E-state index contributed by atoms with van der Waals surface area (Å²) in [7, 11) is 1.46. The van der Waals surface area contributed by atoms with Gasteiger partial charge >= 0.3 is 0 Å². The number of aldehydes is 1. The van der Waals surface area contributed by atoms with E-state index in [9.17, 15) is 24.6 Å². The molecule has 2 aliphatic rings. The van der Waals surface area contributed by atoms with Crippen LogP contribution in [-0.4, -0.2) is 77.8 Å². The van der Waals surface area contributed by atoms with Gasteiger partial charge in [0.2, 0.25) is 11.8 Å². The van der Waals surface area contributed by atoms with Crippen molar-refractivity contribution in [1.82, 2.24) is 10.2 Å². The van der Waals surface area contributed by atoms with Crippen molar-refractivity contribution < 1.29 is 34.1 Å². The number of carbonyl (C=O) groups excluding carboxylic acids is 3. The highest BCUT2D eigenvalue weighted by atomic mass is 127. The lowest BCUT2D eigenvalue weighted by molar-refractivity contribution is -0.143. The first-order chi connectivity index (χ1) is 19.3. The Bertz CT molecular complexity index is 1070. The topological polar surface area (TPSA) is 125 Å². The molecule has 40 heavy (non-hydrogen) atoms. The number of benzene rings is 1. The van der Waals surface area contributed by atoms with Crippen LogP contribution in [-0.2, 0) is 9.59 Å². The highest BCUT2D eigenvalue weighted by Gasteiger charge is 2.43. The zero-order valence-corrected chi connectivity index (χ0v) is 25.3. The molecule has 0 saturated heterocycles. The van der Waals surface area contributed by atoms with Crippen LogP contribution in [0, 0.1) is 3.57 Å². The van der Waals surface area contributed by atoms with Crippen molar-refractivity contribution in [2.75, 3.05) is 20.3 Å². The van der Waals surface area contributed by atoms with Gasteiger partial charge in [-0.15, -0.1) is 6.58 Å². The summed E-state index contributed by atoms with van der Waals surface area (Å²) in [5.41, 5.74) is 0.799. The van der Waals surface area contributed by atoms with Crippen LogP contribution >= 0.6 is 22.6 Å². The number of methoxy groups -OCH3 is 1. The molecule has 3 unspecified atom stereocenters. The van der Waals surface area contributed by atoms with E-state index in [-0.39, 0.29) is 37.4 Å². The average Bonchev–Trinajstić information content (AvgIpc) is 2.97. The molecule has 0 aromatic heterocycles. The van der Waals surface area contributed by atoms with Gasteiger partial charge in [0.15, 0.2) is 11.5 Å². The van der Waals surface area contributed by atoms with Crippen LogP contribution in [0.3, 0.4) is 0 Å². The largest absolute Gasteiger partial charge is 0.493 e. The summed E-state index contributed by atoms with van der Waals surface area (Å²) in [5.74, 6) is 0.257. The number of nitrogens with one attached hydrogen (secondary N) is 1. The summed E-state index contributed by atoms with van der Waals surface area (Å²) >= 11 is 2.04. The zero-order chi connectivity index (χ0) is 29.1. The molecule has 220 valence electrons. The smallest absolute Gasteiger partial charge is 0.247 e. The lowest BCUT2D eigenvalue weighted by Gasteiger charge is -2.45. The van der Waals surface area contributed by atoms with E-state index in [1.807, 2.05) is 33.6 Å². The van der Waals surface area contributed by atoms with Crippen LogP contribution in [0.4, 0.5) is 0 Å². The summed E-state index contributed by atoms with van der Waals surface area (Å²) in [4.78, 5) is 40.0. The average molecular weight is 669 g/mol. The van der Waals surface area contributed by atoms with Crippen LogP contribution in [0.1, 0.15) is 74.6 Å². The Morgan fingerprint density at radius 2 is 1.98 bits per heavy atom. The Balaban J connectivity index is 1.99. The summed E-state index contributed by atoms with van der Waals surface area (Å²) in [6, 6.07) is 2.51. The summed E-state index contributed by atoms with van der Waals surface area (Å²) in [6.07, 6.45) is 9.83. The second-order valence-electron chi connectivity index (χ2n) is 10.3. The van der Waals surface area contributed by atoms with Crippen LogP contribution in [0.5, 0.6) is 11.5 Å². The summed E-state index contributed by atoms with van der Waals surface area (Å²) in [6.45, 7) is 3.64. The number of halogens is 1. The number of ether oxygens (including phenoxy) is 2. The Kier molecular flexibility index (Phi) is 12.9. The van der Waals surface area contributed by atoms with Gasteiger partial charge < -0.3 is 29.9 Å². The number of nitrogens with zero attached hydrogens (tertiary/aromatic N) is 1. The number of hydrogen-bond donors (Lipinski definition) is 3. The van der Waals surface area contributed by atoms with Gasteiger partial charge in [-0.05, 0) is 72.9 Å². The third-order valence-corrected chi connectivity index (χ3v) is 8.32. The van der Waals surface area contributed by atoms with Crippen molar-refractivity contribution in [3.05, 3.63) is 45.6 Å². The van der Waals surface area contributed by atoms with Gasteiger partial charge in [0.05, 0.1) is 23.3 Å². The molecule has 0 heterocycles. The van der Waals surface area contributed by atoms with Gasteiger partial charge in [-0.25, -0.2) is 0 Å². The molecule has 0 radical (unpaired) electrons. The van der Waals surface area contributed by atoms with Gasteiger partial charge in [-0.2, -0.15) is 0 Å². The molecule has 3 rings (SSSR count). The van der Waals surface area contributed by atoms with Crippen molar-refractivity contribution in [3.8, 4) is 11.5 Å². The number of amides is 2. The maximum atomic E-state index is 13.7. The number of aliphatic hydroxyl groups is 2. The third-order valence-electron chi connectivity index (χ3n) is 7.52. The minimum atomic E-state index is -1.11. The molecule has 2 amide bonds. The fraction of sp³-hybridized carbons (Fsp3) is 0.567. The van der Waals surface area contributed by atoms with Gasteiger partial charge in [0, 0.05) is 36.6 Å². The number of rotatable bonds is 14. The zero-order valence-electron chi connectivity index (χ0n) is 23.1. The van der Waals surface area contributed by atoms with Crippen LogP contribution < -0.4 is 14.8 Å². The fourth-order valence-electron chi connectivity index (χ4n) is 5.52. The Morgan fingerprint density at radius 1 is 1.23 bits per heavy atom. The standard InChI is InChI=1S/C30H41IN2O7/c1-3-4-5-9-12-27(36)33(22-10-7-6-8-11-22)24-17-21(30(38)32-13-14-34)18-25(28(24)37)40-29-23(31)15-20(19-35)16-26(29)39-2/h3,15-16,18-19,22,24-25,28,34,37H,1,4-14,17H2,2H3,(H,32,38). The van der Waals surface area contributed by atoms with Gasteiger partial charge in [0.1, 0.15) is 18.5 Å². The molecule has 1 aromatic carbocycles. The lowest BCUT2D eigenvalue weighted by Crippen LogP contribution is -2.58. The molecule has 3 N–H and O–H groups in total. The first-order valence-corrected chi connectivity index (χ1v) is 15.1. The molecular formula is C30H41IN2O7. The first-order valence-electron chi connectivity index (χ1n) is 14.0. The quantitative estimate of drug-likeness (QED) is 0.119. The fourth-order valence-corrected chi connectivity index (χ4v) is 6.27. The predicted octanol–water partition coefficient (Wildman–Crippen LogP) is 3.94. The highest BCUT2D eigenvalue weighted by molar-refractivity contribution is 14.1. The van der Waals surface area contributed by atoms with E-state index < -0.39 is 18.2 Å². The molecule has 0 spiro atoms. The van der Waals surface area contributed by atoms with Gasteiger partial charge in [-0.1, -0.05) is 25.3 Å². The van der Waals surface area contributed by atoms with E-state index in [1.54, 1.807) is 18.2 Å². The van der Waals surface area contributed by atoms with Crippen LogP contribution in [0.2, 0.25) is 0 Å². The molecule has 3 atom stereocenters. The molecule has 9 nitrogen and oxygen atoms in total. The number of carbonyl (C=O) groups is 3. The lowest BCUT2D eigenvalue weighted by atomic mass is 9.85. The molecule has 10 heteroatoms. The number of hydrogen-bond acceptors (Lipinski definition) is 7. The molecule has 1 fully saturated rings. The van der Waals surface area contributed by atoms with E-state index in [1.165, 1.54) is 7.11 Å². The van der Waals surface area contributed by atoms with Crippen molar-refractivity contribution >= 4 is 40.7 Å². The minimum absolute atomic E-state index is 0.0256. The van der Waals surface area contributed by atoms with Crippen LogP contribution in [0.15, 0.2) is 36.4 Å². The van der Waals surface area contributed by atoms with Gasteiger partial charge in [-0.3, -0.25) is 14.4 Å². The molecule has 1 aromatic rings. The first kappa shape index (κ1) is 32.1. The number of allylic oxidation sites excluding steroid dienone is 1. The highest BCUT2D eigenvalue weighted by Crippen LogP contribution is 2.38. The monoisotopic (exact) mass is 668 g/mol. The van der Waals surface area contributed by atoms with E-state index in [0.717, 1.165) is 51.4 Å². The Hall–Kier alpha value is -2.44. The SMILES string of the molecule is C=CCCCCC(=O)N(C1CCCCC1)C1CC(C(=O)NCCO)=CC(Oc2c(I)cc(C=O)cc2OC)C1O. The minimum Gasteiger partial charge on any atom is -0.493 e. The second kappa shape index (κ2) is 16.1. The summed E-state index contributed by atoms with van der Waals surface area (Å²) < 4.78 is 12.4. The van der Waals surface area contributed by atoms with E-state index >= 15 is 0 Å². The van der Waals surface area contributed by atoms with E-state index in [0.29, 0.717) is 38.9 Å². The number of unbranched alkanes of at least 4 members (excludes halogenated alkanes) is 2. The van der Waals surface area contributed by atoms with Crippen molar-refractivity contribution in [1.29, 1.82) is 0 Å². The molecule has 1 saturated carbocycles. The van der Waals surface area contributed by atoms with Crippen molar-refractivity contribution in [2.24, 2.45) is 0 Å².